The van der Waals surface area contributed by atoms with Gasteiger partial charge in [0.1, 0.15) is 6.07 Å². The predicted molar refractivity (Wildman–Crippen MR) is 81.6 cm³/mol. The van der Waals surface area contributed by atoms with E-state index in [1.165, 1.54) is 7.11 Å². The molecule has 6 heteroatoms. The largest absolute Gasteiger partial charge is 0.465 e. The smallest absolute Gasteiger partial charge is 0.340 e. The summed E-state index contributed by atoms with van der Waals surface area (Å²) in [6, 6.07) is 11.7. The third kappa shape index (κ3) is 3.07. The Morgan fingerprint density at radius 1 is 1.38 bits per heavy atom. The van der Waals surface area contributed by atoms with Crippen molar-refractivity contribution in [3.8, 4) is 6.07 Å². The fraction of sp³-hybridized carbons (Fsp3) is 0.0667. The Hall–Kier alpha value is -2.71. The number of anilines is 3. The number of para-hydroxylation sites is 1. The van der Waals surface area contributed by atoms with Gasteiger partial charge in [-0.3, -0.25) is 0 Å². The molecule has 0 heterocycles. The Balaban J connectivity index is 2.52. The quantitative estimate of drug-likeness (QED) is 0.670. The van der Waals surface area contributed by atoms with E-state index in [2.05, 4.69) is 5.32 Å². The van der Waals surface area contributed by atoms with Crippen molar-refractivity contribution >= 4 is 34.6 Å². The number of benzene rings is 2. The molecule has 21 heavy (non-hydrogen) atoms. The molecule has 2 rings (SSSR count). The number of esters is 1. The van der Waals surface area contributed by atoms with Crippen LogP contribution in [0.2, 0.25) is 5.02 Å². The van der Waals surface area contributed by atoms with Crippen molar-refractivity contribution < 1.29 is 9.53 Å². The number of carbonyl (C=O) groups excluding carboxylic acids is 1. The van der Waals surface area contributed by atoms with E-state index in [0.717, 1.165) is 0 Å². The van der Waals surface area contributed by atoms with Crippen LogP contribution in [0.25, 0.3) is 0 Å². The van der Waals surface area contributed by atoms with Gasteiger partial charge in [-0.2, -0.15) is 5.26 Å². The number of nitrogens with two attached hydrogens (primary N) is 1. The van der Waals surface area contributed by atoms with Crippen LogP contribution < -0.4 is 11.1 Å². The zero-order chi connectivity index (χ0) is 15.4. The van der Waals surface area contributed by atoms with Crippen LogP contribution in [-0.2, 0) is 4.74 Å². The molecule has 3 N–H and O–H groups in total. The molecule has 0 aromatic heterocycles. The van der Waals surface area contributed by atoms with Gasteiger partial charge in [0.25, 0.3) is 0 Å². The van der Waals surface area contributed by atoms with Gasteiger partial charge in [0, 0.05) is 5.02 Å². The van der Waals surface area contributed by atoms with E-state index in [4.69, 9.17) is 27.3 Å². The van der Waals surface area contributed by atoms with E-state index >= 15 is 0 Å². The number of hydrogen-bond acceptors (Lipinski definition) is 5. The Morgan fingerprint density at radius 2 is 2.14 bits per heavy atom. The second-order valence-corrected chi connectivity index (χ2v) is 4.62. The fourth-order valence-electron chi connectivity index (χ4n) is 1.84. The van der Waals surface area contributed by atoms with Gasteiger partial charge in [-0.15, -0.1) is 0 Å². The summed E-state index contributed by atoms with van der Waals surface area (Å²) in [6.07, 6.45) is 0. The lowest BCUT2D eigenvalue weighted by Crippen LogP contribution is -2.08. The number of nitrogens with one attached hydrogen (secondary N) is 1. The zero-order valence-corrected chi connectivity index (χ0v) is 11.9. The van der Waals surface area contributed by atoms with Gasteiger partial charge in [0.15, 0.2) is 0 Å². The topological polar surface area (TPSA) is 88.1 Å². The Kier molecular flexibility index (Phi) is 4.31. The SMILES string of the molecule is COC(=O)c1cccc(N)c1Nc1cc(Cl)ccc1C#N. The van der Waals surface area contributed by atoms with Crippen LogP contribution in [0.1, 0.15) is 15.9 Å². The van der Waals surface area contributed by atoms with Crippen LogP contribution >= 0.6 is 11.6 Å². The molecular weight excluding hydrogens is 290 g/mol. The molecule has 0 aliphatic rings. The van der Waals surface area contributed by atoms with Crippen LogP contribution in [0.4, 0.5) is 17.1 Å². The predicted octanol–water partition coefficient (Wildman–Crippen LogP) is 3.32. The molecule has 0 unspecified atom stereocenters. The van der Waals surface area contributed by atoms with E-state index < -0.39 is 5.97 Å². The first kappa shape index (κ1) is 14.7. The highest BCUT2D eigenvalue weighted by atomic mass is 35.5. The Morgan fingerprint density at radius 3 is 2.81 bits per heavy atom. The highest BCUT2D eigenvalue weighted by molar-refractivity contribution is 6.31. The molecule has 5 nitrogen and oxygen atoms in total. The molecule has 2 aromatic carbocycles. The monoisotopic (exact) mass is 301 g/mol. The highest BCUT2D eigenvalue weighted by Crippen LogP contribution is 2.30. The average molecular weight is 302 g/mol. The third-order valence-electron chi connectivity index (χ3n) is 2.86. The molecule has 0 aliphatic carbocycles. The Bertz CT molecular complexity index is 738. The molecule has 0 fully saturated rings. The maximum atomic E-state index is 11.8. The molecular formula is C15H12ClN3O2. The maximum Gasteiger partial charge on any atom is 0.340 e. The van der Waals surface area contributed by atoms with Crippen LogP contribution in [0.5, 0.6) is 0 Å². The maximum absolute atomic E-state index is 11.8. The molecule has 0 atom stereocenters. The van der Waals surface area contributed by atoms with Crippen LogP contribution in [0.15, 0.2) is 36.4 Å². The number of methoxy groups -OCH3 is 1. The van der Waals surface area contributed by atoms with Gasteiger partial charge in [0.05, 0.1) is 35.3 Å². The minimum Gasteiger partial charge on any atom is -0.465 e. The van der Waals surface area contributed by atoms with Crippen LogP contribution in [0.3, 0.4) is 0 Å². The van der Waals surface area contributed by atoms with Crippen molar-refractivity contribution in [1.29, 1.82) is 5.26 Å². The molecule has 0 amide bonds. The van der Waals surface area contributed by atoms with Gasteiger partial charge >= 0.3 is 5.97 Å². The van der Waals surface area contributed by atoms with Crippen molar-refractivity contribution in [2.24, 2.45) is 0 Å². The summed E-state index contributed by atoms with van der Waals surface area (Å²) in [6.45, 7) is 0. The summed E-state index contributed by atoms with van der Waals surface area (Å²) < 4.78 is 4.72. The van der Waals surface area contributed by atoms with Crippen molar-refractivity contribution in [3.63, 3.8) is 0 Å². The van der Waals surface area contributed by atoms with Crippen molar-refractivity contribution in [1.82, 2.24) is 0 Å². The molecule has 0 bridgehead atoms. The number of halogens is 1. The van der Waals surface area contributed by atoms with Crippen molar-refractivity contribution in [2.75, 3.05) is 18.2 Å². The first-order valence-corrected chi connectivity index (χ1v) is 6.38. The van der Waals surface area contributed by atoms with Gasteiger partial charge in [-0.25, -0.2) is 4.79 Å². The molecule has 0 saturated heterocycles. The third-order valence-corrected chi connectivity index (χ3v) is 3.10. The minimum absolute atomic E-state index is 0.279. The number of nitriles is 1. The number of hydrogen-bond donors (Lipinski definition) is 2. The lowest BCUT2D eigenvalue weighted by atomic mass is 10.1. The second-order valence-electron chi connectivity index (χ2n) is 4.19. The number of carbonyl (C=O) groups is 1. The summed E-state index contributed by atoms with van der Waals surface area (Å²) in [5, 5.41) is 12.6. The van der Waals surface area contributed by atoms with E-state index in [1.807, 2.05) is 6.07 Å². The molecule has 0 radical (unpaired) electrons. The lowest BCUT2D eigenvalue weighted by Gasteiger charge is -2.14. The molecule has 0 spiro atoms. The number of nitrogen functional groups attached to an aromatic ring is 1. The van der Waals surface area contributed by atoms with Gasteiger partial charge in [-0.05, 0) is 30.3 Å². The second kappa shape index (κ2) is 6.16. The van der Waals surface area contributed by atoms with Crippen molar-refractivity contribution in [2.45, 2.75) is 0 Å². The van der Waals surface area contributed by atoms with Crippen LogP contribution in [0, 0.1) is 11.3 Å². The summed E-state index contributed by atoms with van der Waals surface area (Å²) >= 11 is 5.94. The first-order chi connectivity index (χ1) is 10.1. The van der Waals surface area contributed by atoms with Crippen molar-refractivity contribution in [3.05, 3.63) is 52.5 Å². The van der Waals surface area contributed by atoms with Gasteiger partial charge in [0.2, 0.25) is 0 Å². The zero-order valence-electron chi connectivity index (χ0n) is 11.2. The Labute approximate surface area is 126 Å². The van der Waals surface area contributed by atoms with E-state index in [0.29, 0.717) is 27.6 Å². The number of ether oxygens (including phenoxy) is 1. The highest BCUT2D eigenvalue weighted by Gasteiger charge is 2.15. The first-order valence-electron chi connectivity index (χ1n) is 6.00. The van der Waals surface area contributed by atoms with E-state index in [1.54, 1.807) is 36.4 Å². The number of rotatable bonds is 3. The normalized spacial score (nSPS) is 9.76. The summed E-state index contributed by atoms with van der Waals surface area (Å²) in [5.41, 5.74) is 7.78. The summed E-state index contributed by atoms with van der Waals surface area (Å²) in [5.74, 6) is -0.523. The molecule has 0 saturated carbocycles. The standard InChI is InChI=1S/C15H12ClN3O2/c1-21-15(20)11-3-2-4-12(18)14(11)19-13-7-10(16)6-5-9(13)8-17/h2-7,19H,18H2,1H3. The minimum atomic E-state index is -0.523. The average Bonchev–Trinajstić information content (AvgIpc) is 2.48. The summed E-state index contributed by atoms with van der Waals surface area (Å²) in [4.78, 5) is 11.8. The lowest BCUT2D eigenvalue weighted by molar-refractivity contribution is 0.0602. The molecule has 106 valence electrons. The van der Waals surface area contributed by atoms with Crippen LogP contribution in [-0.4, -0.2) is 13.1 Å². The number of nitrogens with zero attached hydrogens (tertiary/aromatic N) is 1. The summed E-state index contributed by atoms with van der Waals surface area (Å²) in [7, 11) is 1.29. The molecule has 0 aliphatic heterocycles. The molecule has 2 aromatic rings. The van der Waals surface area contributed by atoms with E-state index in [9.17, 15) is 4.79 Å². The van der Waals surface area contributed by atoms with Gasteiger partial charge < -0.3 is 15.8 Å². The van der Waals surface area contributed by atoms with E-state index in [-0.39, 0.29) is 5.56 Å². The van der Waals surface area contributed by atoms with Gasteiger partial charge in [-0.1, -0.05) is 17.7 Å². The fourth-order valence-corrected chi connectivity index (χ4v) is 2.01.